The molecule has 2 heterocycles. The molecule has 0 radical (unpaired) electrons. The van der Waals surface area contributed by atoms with Gasteiger partial charge in [-0.05, 0) is 111 Å². The Bertz CT molecular complexity index is 3580. The van der Waals surface area contributed by atoms with Crippen LogP contribution in [0, 0.1) is 5.92 Å². The zero-order chi connectivity index (χ0) is 75.2. The highest BCUT2D eigenvalue weighted by atomic mass is 32.2. The maximum Gasteiger partial charge on any atom is 0.326 e. The summed E-state index contributed by atoms with van der Waals surface area (Å²) in [5.74, 6) is -13.5. The maximum absolute atomic E-state index is 14.6. The number of aliphatic hydroxyl groups is 1. The Morgan fingerprint density at radius 2 is 1.06 bits per heavy atom. The van der Waals surface area contributed by atoms with Crippen molar-refractivity contribution in [2.45, 2.75) is 164 Å². The Morgan fingerprint density at radius 1 is 0.578 bits per heavy atom. The number of nitrogens with zero attached hydrogens (tertiary/aromatic N) is 2. The van der Waals surface area contributed by atoms with Gasteiger partial charge in [-0.1, -0.05) is 74.5 Å². The monoisotopic (exact) mass is 1440 g/mol. The van der Waals surface area contributed by atoms with Gasteiger partial charge < -0.3 is 107 Å². The number of aliphatic hydroxyl groups excluding tert-OH is 1. The average Bonchev–Trinajstić information content (AvgIpc) is 1.60. The smallest absolute Gasteiger partial charge is 0.326 e. The SMILES string of the molecule is CSCC[C@H](NC(=O)[C@@H](N)C(C)C)C(=O)N[C@@H](CCCCN)C(=O)N[C@@H](CO)C(=O)N1CCC[C@H]1C(=O)N[C@@H](Cc1ccccc1)C(=O)N[C@@H](CC(N)=O)C(=O)N[C@@H](CC(N)=O)C(=O)N[C@@H](CCCN=C(N)N)C(=O)N[C@@H](Cc1c[nH]c2ccccc12)C(=O)N[C@@H](Cc1ccc(O)cc1)C(=O)O. The third-order valence-corrected chi connectivity index (χ3v) is 17.4. The number of phenols is 1. The molecule has 0 unspecified atom stereocenters. The van der Waals surface area contributed by atoms with Gasteiger partial charge in [0.1, 0.15) is 66.2 Å². The standard InChI is InChI=1S/C67H96N18O16S/c1-36(2)55(71)64(98)78-45(24-28-102-3)58(92)76-43(17-9-10-25-68)57(91)84-51(35-86)65(99)85-27-12-19-52(85)63(97)82-46(29-37-13-5-4-6-14-37)59(93)80-49(33-54(70)89)62(96)81-48(32-53(69)88)61(95)77-44(18-11-26-74-67(72)73)56(90)79-47(31-39-34-75-42-16-8-7-15-41(39)42)60(94)83-50(66(100)101)30-38-20-22-40(87)23-21-38/h4-8,13-16,20-23,34,36,43-52,55,75,86-87H,9-12,17-19,24-33,35,68,71H2,1-3H3,(H2,69,88)(H2,70,89)(H,76,92)(H,77,95)(H,78,98)(H,79,90)(H,80,93)(H,81,96)(H,82,97)(H,83,94)(H,84,91)(H,100,101)(H4,72,73,74)/t43-,44-,45-,46-,47-,48-,49-,50-,51-,52-,55-/m0/s1. The van der Waals surface area contributed by atoms with Crippen LogP contribution in [-0.4, -0.2) is 213 Å². The molecule has 5 rings (SSSR count). The van der Waals surface area contributed by atoms with Gasteiger partial charge in [0.2, 0.25) is 70.9 Å². The molecule has 1 aromatic heterocycles. The number of unbranched alkanes of at least 4 members (excludes halogenated alkanes) is 1. The summed E-state index contributed by atoms with van der Waals surface area (Å²) < 4.78 is 0. The van der Waals surface area contributed by atoms with Gasteiger partial charge in [-0.25, -0.2) is 4.79 Å². The van der Waals surface area contributed by atoms with Crippen LogP contribution in [0.1, 0.15) is 94.7 Å². The molecule has 25 N–H and O–H groups in total. The molecular formula is C67H96N18O16S. The van der Waals surface area contributed by atoms with Crippen LogP contribution in [0.2, 0.25) is 0 Å². The minimum Gasteiger partial charge on any atom is -0.508 e. The number of nitrogens with one attached hydrogen (secondary N) is 10. The number of aromatic amines is 1. The zero-order valence-electron chi connectivity index (χ0n) is 57.2. The van der Waals surface area contributed by atoms with E-state index in [2.05, 4.69) is 57.8 Å². The van der Waals surface area contributed by atoms with Crippen LogP contribution in [0.3, 0.4) is 0 Å². The van der Waals surface area contributed by atoms with Crippen LogP contribution in [0.25, 0.3) is 10.9 Å². The fourth-order valence-electron chi connectivity index (χ4n) is 11.1. The second-order valence-electron chi connectivity index (χ2n) is 25.0. The van der Waals surface area contributed by atoms with Crippen molar-refractivity contribution in [2.24, 2.45) is 45.3 Å². The van der Waals surface area contributed by atoms with E-state index in [4.69, 9.17) is 34.4 Å². The molecule has 0 aliphatic carbocycles. The topological polar surface area (TPSA) is 578 Å². The normalized spacial score (nSPS) is 15.6. The first-order valence-electron chi connectivity index (χ1n) is 33.3. The lowest BCUT2D eigenvalue weighted by Gasteiger charge is -2.30. The molecule has 35 heteroatoms. The molecule has 11 atom stereocenters. The number of rotatable bonds is 43. The molecule has 3 aromatic carbocycles. The number of H-pyrrole nitrogens is 1. The Kier molecular flexibility index (Phi) is 33.4. The van der Waals surface area contributed by atoms with Crippen LogP contribution in [0.4, 0.5) is 0 Å². The van der Waals surface area contributed by atoms with Gasteiger partial charge in [0.15, 0.2) is 5.96 Å². The third-order valence-electron chi connectivity index (χ3n) is 16.8. The van der Waals surface area contributed by atoms with Crippen molar-refractivity contribution < 1.29 is 77.6 Å². The van der Waals surface area contributed by atoms with Crippen molar-refractivity contribution in [1.29, 1.82) is 0 Å². The predicted octanol–water partition coefficient (Wildman–Crippen LogP) is -4.00. The van der Waals surface area contributed by atoms with Crippen LogP contribution in [0.5, 0.6) is 5.75 Å². The first-order valence-corrected chi connectivity index (χ1v) is 34.7. The van der Waals surface area contributed by atoms with E-state index in [0.717, 1.165) is 4.90 Å². The summed E-state index contributed by atoms with van der Waals surface area (Å²) >= 11 is 1.42. The number of primary amides is 2. The number of nitrogens with two attached hydrogens (primary N) is 6. The van der Waals surface area contributed by atoms with E-state index >= 15 is 0 Å². The second kappa shape index (κ2) is 41.4. The number of likely N-dealkylation sites (tertiary alicyclic amines) is 1. The summed E-state index contributed by atoms with van der Waals surface area (Å²) in [6.07, 6.45) is 1.74. The number of carboxylic acids is 1. The van der Waals surface area contributed by atoms with Gasteiger partial charge in [0.05, 0.1) is 25.5 Å². The van der Waals surface area contributed by atoms with Gasteiger partial charge in [-0.3, -0.25) is 62.5 Å². The van der Waals surface area contributed by atoms with Crippen molar-refractivity contribution in [2.75, 3.05) is 38.2 Å². The molecule has 0 bridgehead atoms. The van der Waals surface area contributed by atoms with Crippen molar-refractivity contribution >= 4 is 105 Å². The van der Waals surface area contributed by atoms with Crippen LogP contribution >= 0.6 is 11.8 Å². The third kappa shape index (κ3) is 26.3. The van der Waals surface area contributed by atoms with E-state index < -0.39 is 163 Å². The lowest BCUT2D eigenvalue weighted by molar-refractivity contribution is -0.143. The summed E-state index contributed by atoms with van der Waals surface area (Å²) in [6, 6.07) is 4.22. The first kappa shape index (κ1) is 82.3. The molecule has 0 spiro atoms. The van der Waals surface area contributed by atoms with Crippen LogP contribution in [-0.2, 0) is 81.6 Å². The lowest BCUT2D eigenvalue weighted by Crippen LogP contribution is -2.61. The van der Waals surface area contributed by atoms with Crippen molar-refractivity contribution in [3.8, 4) is 5.75 Å². The van der Waals surface area contributed by atoms with Crippen LogP contribution < -0.4 is 82.3 Å². The van der Waals surface area contributed by atoms with Gasteiger partial charge in [0.25, 0.3) is 0 Å². The largest absolute Gasteiger partial charge is 0.508 e. The quantitative estimate of drug-likeness (QED) is 0.0114. The molecule has 1 aliphatic heterocycles. The lowest BCUT2D eigenvalue weighted by atomic mass is 10.0. The number of phenolic OH excluding ortho intramolecular Hbond substituents is 1. The first-order chi connectivity index (χ1) is 48.5. The van der Waals surface area contributed by atoms with E-state index in [-0.39, 0.29) is 95.0 Å². The predicted molar refractivity (Wildman–Crippen MR) is 377 cm³/mol. The van der Waals surface area contributed by atoms with Crippen LogP contribution in [0.15, 0.2) is 90.1 Å². The van der Waals surface area contributed by atoms with E-state index in [0.29, 0.717) is 46.2 Å². The number of thioether (sulfide) groups is 1. The van der Waals surface area contributed by atoms with Gasteiger partial charge in [0, 0.05) is 49.5 Å². The van der Waals surface area contributed by atoms with Crippen molar-refractivity contribution in [3.63, 3.8) is 0 Å². The number of benzene rings is 3. The number of carbonyl (C=O) groups excluding carboxylic acids is 12. The highest BCUT2D eigenvalue weighted by molar-refractivity contribution is 7.98. The summed E-state index contributed by atoms with van der Waals surface area (Å²) in [5.41, 5.74) is 36.2. The van der Waals surface area contributed by atoms with E-state index in [1.165, 1.54) is 36.0 Å². The molecular weight excluding hydrogens is 1340 g/mol. The molecule has 556 valence electrons. The number of carbonyl (C=O) groups is 13. The molecule has 12 amide bonds. The number of aliphatic carboxylic acids is 1. The number of aliphatic imine (C=N–C) groups is 1. The zero-order valence-corrected chi connectivity index (χ0v) is 58.0. The molecule has 34 nitrogen and oxygen atoms in total. The van der Waals surface area contributed by atoms with Crippen molar-refractivity contribution in [1.82, 2.24) is 57.7 Å². The second-order valence-corrected chi connectivity index (χ2v) is 26.0. The molecule has 1 fully saturated rings. The Hall–Kier alpha value is -10.4. The summed E-state index contributed by atoms with van der Waals surface area (Å²) in [4.78, 5) is 188. The fourth-order valence-corrected chi connectivity index (χ4v) is 11.6. The highest BCUT2D eigenvalue weighted by Gasteiger charge is 2.41. The molecule has 1 aliphatic rings. The number of aromatic hydroxyl groups is 1. The van der Waals surface area contributed by atoms with E-state index in [1.54, 1.807) is 74.6 Å². The Labute approximate surface area is 593 Å². The number of amides is 12. The van der Waals surface area contributed by atoms with Crippen molar-refractivity contribution in [3.05, 3.63) is 102 Å². The fraction of sp³-hybridized carbons (Fsp3) is 0.493. The number of para-hydroxylation sites is 1. The number of aromatic nitrogens is 1. The summed E-state index contributed by atoms with van der Waals surface area (Å²) in [5, 5.41) is 54.1. The number of hydrogen-bond donors (Lipinski definition) is 19. The Balaban J connectivity index is 1.37. The summed E-state index contributed by atoms with van der Waals surface area (Å²) in [6.45, 7) is 2.62. The number of fused-ring (bicyclic) bond motifs is 1. The van der Waals surface area contributed by atoms with Gasteiger partial charge in [-0.15, -0.1) is 0 Å². The van der Waals surface area contributed by atoms with Gasteiger partial charge >= 0.3 is 5.97 Å². The van der Waals surface area contributed by atoms with E-state index in [1.807, 2.05) is 6.26 Å². The number of hydrogen-bond acceptors (Lipinski definition) is 19. The highest BCUT2D eigenvalue weighted by Crippen LogP contribution is 2.22. The molecule has 0 saturated carbocycles. The maximum atomic E-state index is 14.6. The van der Waals surface area contributed by atoms with Gasteiger partial charge in [-0.2, -0.15) is 11.8 Å². The average molecular weight is 1440 g/mol. The Morgan fingerprint density at radius 3 is 1.61 bits per heavy atom. The number of carboxylic acid groups (broad SMARTS) is 1. The van der Waals surface area contributed by atoms with E-state index in [9.17, 15) is 77.6 Å². The minimum atomic E-state index is -1.97. The number of guanidine groups is 1. The molecule has 102 heavy (non-hydrogen) atoms. The summed E-state index contributed by atoms with van der Waals surface area (Å²) in [7, 11) is 0. The minimum absolute atomic E-state index is 0.0155. The molecule has 1 saturated heterocycles. The molecule has 4 aromatic rings.